The van der Waals surface area contributed by atoms with Crippen molar-refractivity contribution in [1.29, 1.82) is 0 Å². The van der Waals surface area contributed by atoms with E-state index in [4.69, 9.17) is 10.5 Å². The number of benzene rings is 1. The van der Waals surface area contributed by atoms with Crippen molar-refractivity contribution in [2.45, 2.75) is 18.6 Å². The summed E-state index contributed by atoms with van der Waals surface area (Å²) in [5.41, 5.74) is 4.08. The van der Waals surface area contributed by atoms with E-state index >= 15 is 4.39 Å². The SMILES string of the molecule is C[N+](C)(C)CC(CC(=O)O)OC(=O)c1cn(-c2ccc(F)cc2F)c2nc(N3C[C@@H]4C(N)[C@@H]4C3)c(F)cc2c1=O. The number of ether oxygens (including phenoxy) is 1. The molecule has 40 heavy (non-hydrogen) atoms. The molecule has 212 valence electrons. The van der Waals surface area contributed by atoms with Gasteiger partial charge in [-0.1, -0.05) is 0 Å². The number of likely N-dealkylation sites (N-methyl/N-ethyl adjacent to an activating group) is 1. The van der Waals surface area contributed by atoms with Crippen LogP contribution in [0.5, 0.6) is 0 Å². The largest absolute Gasteiger partial charge is 0.481 e. The number of anilines is 1. The summed E-state index contributed by atoms with van der Waals surface area (Å²) in [5.74, 6) is -4.70. The molecular weight excluding hydrogens is 531 g/mol. The number of rotatable bonds is 8. The van der Waals surface area contributed by atoms with E-state index in [9.17, 15) is 28.3 Å². The minimum absolute atomic E-state index is 0.0434. The first-order valence-electron chi connectivity index (χ1n) is 12.7. The molecule has 4 atom stereocenters. The number of esters is 1. The Morgan fingerprint density at radius 3 is 2.42 bits per heavy atom. The quantitative estimate of drug-likeness (QED) is 0.316. The molecule has 1 aliphatic carbocycles. The number of fused-ring (bicyclic) bond motifs is 2. The molecule has 0 amide bonds. The van der Waals surface area contributed by atoms with Gasteiger partial charge in [0.1, 0.15) is 23.7 Å². The summed E-state index contributed by atoms with van der Waals surface area (Å²) in [6.45, 7) is 1.06. The van der Waals surface area contributed by atoms with Gasteiger partial charge in [-0.3, -0.25) is 14.2 Å². The van der Waals surface area contributed by atoms with Crippen molar-refractivity contribution in [3.8, 4) is 5.69 Å². The normalized spacial score (nSPS) is 20.9. The molecule has 1 aliphatic heterocycles. The first-order valence-corrected chi connectivity index (χ1v) is 12.7. The van der Waals surface area contributed by atoms with E-state index in [1.807, 2.05) is 0 Å². The van der Waals surface area contributed by atoms with Crippen LogP contribution in [0.4, 0.5) is 19.0 Å². The Kier molecular flexibility index (Phi) is 6.83. The van der Waals surface area contributed by atoms with Gasteiger partial charge in [0.05, 0.1) is 38.6 Å². The Labute approximate surface area is 227 Å². The molecule has 2 fully saturated rings. The molecule has 13 heteroatoms. The lowest BCUT2D eigenvalue weighted by Gasteiger charge is -2.28. The van der Waals surface area contributed by atoms with Crippen molar-refractivity contribution in [3.63, 3.8) is 0 Å². The molecule has 2 unspecified atom stereocenters. The Bertz CT molecular complexity index is 1580. The van der Waals surface area contributed by atoms with Crippen molar-refractivity contribution in [3.05, 3.63) is 63.7 Å². The molecule has 0 bridgehead atoms. The van der Waals surface area contributed by atoms with Gasteiger partial charge in [0.25, 0.3) is 0 Å². The Balaban J connectivity index is 1.63. The zero-order chi connectivity index (χ0) is 29.1. The zero-order valence-electron chi connectivity index (χ0n) is 22.1. The van der Waals surface area contributed by atoms with Gasteiger partial charge in [-0.25, -0.2) is 22.9 Å². The summed E-state index contributed by atoms with van der Waals surface area (Å²) in [5, 5.41) is 8.96. The average molecular weight is 561 g/mol. The average Bonchev–Trinajstić information content (AvgIpc) is 3.22. The third-order valence-corrected chi connectivity index (χ3v) is 7.29. The number of nitrogens with two attached hydrogens (primary N) is 1. The number of quaternary nitrogens is 1. The highest BCUT2D eigenvalue weighted by Crippen LogP contribution is 2.45. The smallest absolute Gasteiger partial charge is 0.344 e. The molecule has 1 saturated carbocycles. The maximum atomic E-state index is 15.3. The monoisotopic (exact) mass is 560 g/mol. The van der Waals surface area contributed by atoms with Gasteiger partial charge >= 0.3 is 11.9 Å². The molecular formula is C27H29F3N5O5+. The molecule has 3 heterocycles. The standard InChI is InChI=1S/C27H28F3N5O5/c1-35(2,3)12-14(7-22(36)37)40-27(39)18-11-34(21-5-4-13(28)6-19(21)29)25-15(24(18)38)8-20(30)26(32-25)33-9-16-17(10-33)23(16)31/h4-6,8,11,14,16-17,23H,7,9-10,12,31H2,1-3H3/p+1/t14?,16-,17+,23?. The number of hydrogen-bond donors (Lipinski definition) is 2. The number of nitrogens with zero attached hydrogens (tertiary/aromatic N) is 4. The van der Waals surface area contributed by atoms with Crippen molar-refractivity contribution < 1.29 is 37.1 Å². The number of halogens is 3. The van der Waals surface area contributed by atoms with Crippen LogP contribution in [0.15, 0.2) is 35.3 Å². The van der Waals surface area contributed by atoms with Crippen LogP contribution in [0.2, 0.25) is 0 Å². The molecule has 3 aromatic rings. The highest BCUT2D eigenvalue weighted by Gasteiger charge is 2.54. The molecule has 2 aliphatic rings. The summed E-state index contributed by atoms with van der Waals surface area (Å²) in [4.78, 5) is 44.1. The number of carbonyl (C=O) groups excluding carboxylic acids is 1. The van der Waals surface area contributed by atoms with Crippen molar-refractivity contribution in [2.24, 2.45) is 17.6 Å². The molecule has 0 spiro atoms. The predicted octanol–water partition coefficient (Wildman–Crippen LogP) is 1.90. The van der Waals surface area contributed by atoms with Gasteiger partial charge in [-0.2, -0.15) is 0 Å². The summed E-state index contributed by atoms with van der Waals surface area (Å²) < 4.78 is 50.8. The van der Waals surface area contributed by atoms with Crippen molar-refractivity contribution in [2.75, 3.05) is 45.7 Å². The predicted molar refractivity (Wildman–Crippen MR) is 139 cm³/mol. The fourth-order valence-corrected chi connectivity index (χ4v) is 5.35. The Hall–Kier alpha value is -3.97. The van der Waals surface area contributed by atoms with E-state index in [1.54, 1.807) is 26.0 Å². The maximum Gasteiger partial charge on any atom is 0.344 e. The van der Waals surface area contributed by atoms with Gasteiger partial charge in [-0.15, -0.1) is 0 Å². The second-order valence-corrected chi connectivity index (χ2v) is 11.4. The lowest BCUT2D eigenvalue weighted by molar-refractivity contribution is -0.873. The number of aromatic nitrogens is 2. The second kappa shape index (κ2) is 9.89. The molecule has 5 rings (SSSR count). The highest BCUT2D eigenvalue weighted by atomic mass is 19.1. The maximum absolute atomic E-state index is 15.3. The molecule has 10 nitrogen and oxygen atoms in total. The van der Waals surface area contributed by atoms with Crippen LogP contribution in [-0.2, 0) is 9.53 Å². The topological polar surface area (TPSA) is 128 Å². The first-order chi connectivity index (χ1) is 18.7. The molecule has 1 saturated heterocycles. The van der Waals surface area contributed by atoms with E-state index in [0.717, 1.165) is 29.0 Å². The van der Waals surface area contributed by atoms with Crippen LogP contribution in [0, 0.1) is 29.3 Å². The van der Waals surface area contributed by atoms with E-state index in [-0.39, 0.29) is 51.4 Å². The minimum atomic E-state index is -1.21. The number of piperidine rings is 1. The number of hydrogen-bond acceptors (Lipinski definition) is 7. The van der Waals surface area contributed by atoms with Crippen molar-refractivity contribution >= 4 is 28.8 Å². The summed E-state index contributed by atoms with van der Waals surface area (Å²) in [6, 6.07) is 3.69. The van der Waals surface area contributed by atoms with Gasteiger partial charge in [0.2, 0.25) is 5.43 Å². The summed E-state index contributed by atoms with van der Waals surface area (Å²) in [7, 11) is 5.31. The van der Waals surface area contributed by atoms with Gasteiger partial charge in [0, 0.05) is 31.4 Å². The molecule has 1 aromatic carbocycles. The lowest BCUT2D eigenvalue weighted by Crippen LogP contribution is -2.44. The first kappa shape index (κ1) is 27.6. The van der Waals surface area contributed by atoms with E-state index in [1.165, 1.54) is 0 Å². The van der Waals surface area contributed by atoms with Crippen LogP contribution in [0.25, 0.3) is 16.7 Å². The zero-order valence-corrected chi connectivity index (χ0v) is 22.1. The lowest BCUT2D eigenvalue weighted by atomic mass is 10.1. The molecule has 3 N–H and O–H groups in total. The van der Waals surface area contributed by atoms with Crippen LogP contribution in [-0.4, -0.2) is 84.0 Å². The number of aliphatic carboxylic acids is 1. The second-order valence-electron chi connectivity index (χ2n) is 11.4. The fraction of sp³-hybridized carbons (Fsp3) is 0.407. The van der Waals surface area contributed by atoms with Gasteiger partial charge in [-0.05, 0) is 30.0 Å². The van der Waals surface area contributed by atoms with Crippen LogP contribution >= 0.6 is 0 Å². The van der Waals surface area contributed by atoms with Crippen molar-refractivity contribution in [1.82, 2.24) is 9.55 Å². The third kappa shape index (κ3) is 5.26. The number of carbonyl (C=O) groups is 2. The van der Waals surface area contributed by atoms with E-state index in [2.05, 4.69) is 4.98 Å². The minimum Gasteiger partial charge on any atom is -0.481 e. The highest BCUT2D eigenvalue weighted by molar-refractivity contribution is 5.94. The summed E-state index contributed by atoms with van der Waals surface area (Å²) in [6.07, 6.45) is -0.614. The van der Waals surface area contributed by atoms with E-state index in [0.29, 0.717) is 19.2 Å². The van der Waals surface area contributed by atoms with E-state index < -0.39 is 52.9 Å². The fourth-order valence-electron chi connectivity index (χ4n) is 5.35. The van der Waals surface area contributed by atoms with Gasteiger partial charge in [0.15, 0.2) is 23.4 Å². The number of carboxylic acids is 1. The third-order valence-electron chi connectivity index (χ3n) is 7.29. The Morgan fingerprint density at radius 2 is 1.82 bits per heavy atom. The number of pyridine rings is 2. The molecule has 2 aromatic heterocycles. The van der Waals surface area contributed by atoms with Crippen LogP contribution < -0.4 is 16.1 Å². The molecule has 0 radical (unpaired) electrons. The summed E-state index contributed by atoms with van der Waals surface area (Å²) >= 11 is 0. The van der Waals surface area contributed by atoms with Gasteiger partial charge < -0.3 is 25.0 Å². The Morgan fingerprint density at radius 1 is 1.15 bits per heavy atom. The number of carboxylic acid groups (broad SMARTS) is 1. The van der Waals surface area contributed by atoms with Crippen LogP contribution in [0.3, 0.4) is 0 Å². The van der Waals surface area contributed by atoms with Crippen LogP contribution in [0.1, 0.15) is 16.8 Å².